The molecule has 2 aromatic rings. The van der Waals surface area contributed by atoms with Crippen molar-refractivity contribution in [3.63, 3.8) is 0 Å². The van der Waals surface area contributed by atoms with E-state index < -0.39 is 41.5 Å². The van der Waals surface area contributed by atoms with Crippen molar-refractivity contribution in [3.8, 4) is 0 Å². The van der Waals surface area contributed by atoms with Crippen LogP contribution in [0.4, 0.5) is 18.9 Å². The van der Waals surface area contributed by atoms with E-state index in [2.05, 4.69) is 10.6 Å². The van der Waals surface area contributed by atoms with E-state index in [0.717, 1.165) is 18.1 Å². The highest BCUT2D eigenvalue weighted by atomic mass is 19.2. The predicted octanol–water partition coefficient (Wildman–Crippen LogP) is 3.99. The highest BCUT2D eigenvalue weighted by molar-refractivity contribution is 5.95. The van der Waals surface area contributed by atoms with Crippen molar-refractivity contribution in [3.05, 3.63) is 65.5 Å². The van der Waals surface area contributed by atoms with Gasteiger partial charge in [0.25, 0.3) is 0 Å². The van der Waals surface area contributed by atoms with Gasteiger partial charge in [-0.05, 0) is 23.6 Å². The summed E-state index contributed by atoms with van der Waals surface area (Å²) >= 11 is 0. The zero-order valence-corrected chi connectivity index (χ0v) is 15.1. The summed E-state index contributed by atoms with van der Waals surface area (Å²) in [7, 11) is 0. The normalized spacial score (nSPS) is 12.9. The highest BCUT2D eigenvalue weighted by Crippen LogP contribution is 2.27. The molecule has 0 radical (unpaired) electrons. The Labute approximate surface area is 155 Å². The van der Waals surface area contributed by atoms with Gasteiger partial charge in [-0.3, -0.25) is 9.59 Å². The lowest BCUT2D eigenvalue weighted by Crippen LogP contribution is -2.38. The molecule has 144 valence electrons. The first kappa shape index (κ1) is 20.5. The minimum Gasteiger partial charge on any atom is -0.346 e. The Bertz CT molecular complexity index is 812. The molecule has 2 amide bonds. The van der Waals surface area contributed by atoms with E-state index in [9.17, 15) is 22.8 Å². The van der Waals surface area contributed by atoms with Crippen LogP contribution in [0, 0.1) is 23.4 Å². The number of rotatable bonds is 7. The molecule has 27 heavy (non-hydrogen) atoms. The van der Waals surface area contributed by atoms with Crippen LogP contribution in [-0.4, -0.2) is 18.4 Å². The van der Waals surface area contributed by atoms with Gasteiger partial charge in [-0.2, -0.15) is 0 Å². The zero-order chi connectivity index (χ0) is 20.0. The minimum absolute atomic E-state index is 0.0408. The summed E-state index contributed by atoms with van der Waals surface area (Å²) in [6, 6.07) is 10.8. The summed E-state index contributed by atoms with van der Waals surface area (Å²) in [5.74, 6) is -5.99. The van der Waals surface area contributed by atoms with Gasteiger partial charge in [-0.15, -0.1) is 0 Å². The molecule has 2 rings (SSSR count). The predicted molar refractivity (Wildman–Crippen MR) is 96.6 cm³/mol. The largest absolute Gasteiger partial charge is 0.346 e. The molecule has 2 aromatic carbocycles. The molecule has 4 nitrogen and oxygen atoms in total. The first-order valence-corrected chi connectivity index (χ1v) is 8.61. The number of hydrogen-bond donors (Lipinski definition) is 2. The lowest BCUT2D eigenvalue weighted by atomic mass is 9.85. The monoisotopic (exact) mass is 378 g/mol. The summed E-state index contributed by atoms with van der Waals surface area (Å²) in [6.07, 6.45) is 0.763. The third-order valence-corrected chi connectivity index (χ3v) is 4.39. The maximum absolute atomic E-state index is 13.6. The maximum atomic E-state index is 13.6. The second kappa shape index (κ2) is 9.21. The van der Waals surface area contributed by atoms with Gasteiger partial charge in [0.2, 0.25) is 11.8 Å². The molecule has 0 bridgehead atoms. The van der Waals surface area contributed by atoms with Crippen LogP contribution in [-0.2, 0) is 9.59 Å². The molecule has 7 heteroatoms. The standard InChI is InChI=1S/C20H21F3N2O2/c1-3-12(2)17(13-7-5-4-6-8-13)20(27)24-11-16(26)25-15-10-9-14(21)18(22)19(15)23/h4-10,12,17H,3,11H2,1-2H3,(H,24,27)(H,25,26)/t12-,17-/m0/s1. The van der Waals surface area contributed by atoms with Gasteiger partial charge < -0.3 is 10.6 Å². The van der Waals surface area contributed by atoms with Crippen LogP contribution in [0.3, 0.4) is 0 Å². The second-order valence-corrected chi connectivity index (χ2v) is 6.26. The van der Waals surface area contributed by atoms with Crippen molar-refractivity contribution >= 4 is 17.5 Å². The molecule has 0 aliphatic heterocycles. The molecule has 0 heterocycles. The summed E-state index contributed by atoms with van der Waals surface area (Å²) in [4.78, 5) is 24.5. The lowest BCUT2D eigenvalue weighted by Gasteiger charge is -2.22. The Morgan fingerprint density at radius 1 is 1.00 bits per heavy atom. The van der Waals surface area contributed by atoms with Crippen LogP contribution in [0.2, 0.25) is 0 Å². The van der Waals surface area contributed by atoms with Crippen LogP contribution in [0.1, 0.15) is 31.7 Å². The molecule has 0 saturated carbocycles. The van der Waals surface area contributed by atoms with E-state index in [1.165, 1.54) is 0 Å². The summed E-state index contributed by atoms with van der Waals surface area (Å²) in [5, 5.41) is 4.64. The Morgan fingerprint density at radius 2 is 1.67 bits per heavy atom. The third kappa shape index (κ3) is 5.09. The number of carbonyl (C=O) groups is 2. The van der Waals surface area contributed by atoms with Gasteiger partial charge in [0.15, 0.2) is 17.5 Å². The molecule has 0 aliphatic carbocycles. The first-order valence-electron chi connectivity index (χ1n) is 8.61. The average molecular weight is 378 g/mol. The van der Waals surface area contributed by atoms with Gasteiger partial charge in [0.1, 0.15) is 0 Å². The Kier molecular flexibility index (Phi) is 6.98. The molecule has 0 aromatic heterocycles. The molecule has 0 spiro atoms. The summed E-state index contributed by atoms with van der Waals surface area (Å²) < 4.78 is 39.7. The fourth-order valence-corrected chi connectivity index (χ4v) is 2.73. The minimum atomic E-state index is -1.67. The number of halogens is 3. The van der Waals surface area contributed by atoms with Crippen molar-refractivity contribution in [2.24, 2.45) is 5.92 Å². The summed E-state index contributed by atoms with van der Waals surface area (Å²) in [6.45, 7) is 3.48. The fraction of sp³-hybridized carbons (Fsp3) is 0.300. The molecule has 2 N–H and O–H groups in total. The van der Waals surface area contributed by atoms with E-state index in [1.54, 1.807) is 0 Å². The van der Waals surface area contributed by atoms with Gasteiger partial charge in [-0.1, -0.05) is 50.6 Å². The third-order valence-electron chi connectivity index (χ3n) is 4.39. The highest BCUT2D eigenvalue weighted by Gasteiger charge is 2.26. The number of anilines is 1. The Hall–Kier alpha value is -2.83. The number of hydrogen-bond acceptors (Lipinski definition) is 2. The number of benzene rings is 2. The average Bonchev–Trinajstić information content (AvgIpc) is 2.67. The van der Waals surface area contributed by atoms with Crippen molar-refractivity contribution < 1.29 is 22.8 Å². The smallest absolute Gasteiger partial charge is 0.243 e. The summed E-state index contributed by atoms with van der Waals surface area (Å²) in [5.41, 5.74) is 0.339. The molecular weight excluding hydrogens is 357 g/mol. The second-order valence-electron chi connectivity index (χ2n) is 6.26. The van der Waals surface area contributed by atoms with Crippen LogP contribution < -0.4 is 10.6 Å². The van der Waals surface area contributed by atoms with E-state index in [1.807, 2.05) is 44.2 Å². The number of amides is 2. The zero-order valence-electron chi connectivity index (χ0n) is 15.1. The van der Waals surface area contributed by atoms with E-state index in [0.29, 0.717) is 6.07 Å². The lowest BCUT2D eigenvalue weighted by molar-refractivity contribution is -0.126. The van der Waals surface area contributed by atoms with Crippen LogP contribution in [0.5, 0.6) is 0 Å². The molecule has 0 fully saturated rings. The number of carbonyl (C=O) groups excluding carboxylic acids is 2. The van der Waals surface area contributed by atoms with Crippen LogP contribution in [0.25, 0.3) is 0 Å². The van der Waals surface area contributed by atoms with Crippen molar-refractivity contribution in [1.29, 1.82) is 0 Å². The first-order chi connectivity index (χ1) is 12.8. The van der Waals surface area contributed by atoms with Crippen molar-refractivity contribution in [1.82, 2.24) is 5.32 Å². The molecule has 0 saturated heterocycles. The van der Waals surface area contributed by atoms with Crippen molar-refractivity contribution in [2.75, 3.05) is 11.9 Å². The van der Waals surface area contributed by atoms with E-state index in [4.69, 9.17) is 0 Å². The van der Waals surface area contributed by atoms with Crippen LogP contribution >= 0.6 is 0 Å². The molecule has 2 atom stereocenters. The van der Waals surface area contributed by atoms with Gasteiger partial charge >= 0.3 is 0 Å². The van der Waals surface area contributed by atoms with E-state index >= 15 is 0 Å². The molecular formula is C20H21F3N2O2. The maximum Gasteiger partial charge on any atom is 0.243 e. The Morgan fingerprint density at radius 3 is 2.30 bits per heavy atom. The Balaban J connectivity index is 2.02. The van der Waals surface area contributed by atoms with E-state index in [-0.39, 0.29) is 11.8 Å². The SMILES string of the molecule is CC[C@H](C)[C@H](C(=O)NCC(=O)Nc1ccc(F)c(F)c1F)c1ccccc1. The number of nitrogens with one attached hydrogen (secondary N) is 2. The molecule has 0 unspecified atom stereocenters. The van der Waals surface area contributed by atoms with Gasteiger partial charge in [0, 0.05) is 0 Å². The quantitative estimate of drug-likeness (QED) is 0.716. The van der Waals surface area contributed by atoms with Gasteiger partial charge in [-0.25, -0.2) is 13.2 Å². The van der Waals surface area contributed by atoms with Gasteiger partial charge in [0.05, 0.1) is 18.2 Å². The molecule has 0 aliphatic rings. The topological polar surface area (TPSA) is 58.2 Å². The van der Waals surface area contributed by atoms with Crippen LogP contribution in [0.15, 0.2) is 42.5 Å². The van der Waals surface area contributed by atoms with Crippen molar-refractivity contribution in [2.45, 2.75) is 26.2 Å². The fourth-order valence-electron chi connectivity index (χ4n) is 2.73.